The van der Waals surface area contributed by atoms with Gasteiger partial charge in [0.05, 0.1) is 5.71 Å². The van der Waals surface area contributed by atoms with E-state index in [1.165, 1.54) is 0 Å². The molecular weight excluding hydrogens is 214 g/mol. The Hall–Kier alpha value is -1.55. The summed E-state index contributed by atoms with van der Waals surface area (Å²) in [5.41, 5.74) is 8.72. The standard InChI is InChI=1S/C10H12ClN3O/c1-2-9(13-14-10(12)15)7-4-3-5-8(11)6-7/h3-6H,2H2,1H3,(H3,12,14,15)/b13-9-. The molecule has 0 unspecified atom stereocenters. The number of hydrazone groups is 1. The first-order chi connectivity index (χ1) is 7.13. The minimum absolute atomic E-state index is 0.632. The second-order valence-electron chi connectivity index (χ2n) is 2.90. The van der Waals surface area contributed by atoms with E-state index in [9.17, 15) is 4.79 Å². The number of hydrogen-bond donors (Lipinski definition) is 2. The first-order valence-electron chi connectivity index (χ1n) is 4.51. The second kappa shape index (κ2) is 5.36. The van der Waals surface area contributed by atoms with E-state index >= 15 is 0 Å². The number of carbonyl (C=O) groups is 1. The lowest BCUT2D eigenvalue weighted by Gasteiger charge is -2.04. The summed E-state index contributed by atoms with van der Waals surface area (Å²) in [6.45, 7) is 1.93. The lowest BCUT2D eigenvalue weighted by Crippen LogP contribution is -2.25. The summed E-state index contributed by atoms with van der Waals surface area (Å²) in [6, 6.07) is 6.58. The molecule has 2 amide bonds. The quantitative estimate of drug-likeness (QED) is 0.601. The van der Waals surface area contributed by atoms with E-state index in [4.69, 9.17) is 17.3 Å². The zero-order chi connectivity index (χ0) is 11.3. The number of halogens is 1. The van der Waals surface area contributed by atoms with Gasteiger partial charge in [-0.2, -0.15) is 5.10 Å². The molecule has 0 saturated heterocycles. The van der Waals surface area contributed by atoms with Crippen LogP contribution in [-0.4, -0.2) is 11.7 Å². The van der Waals surface area contributed by atoms with Gasteiger partial charge in [-0.3, -0.25) is 0 Å². The van der Waals surface area contributed by atoms with Crippen LogP contribution in [0.4, 0.5) is 4.79 Å². The summed E-state index contributed by atoms with van der Waals surface area (Å²) in [7, 11) is 0. The van der Waals surface area contributed by atoms with Gasteiger partial charge in [-0.05, 0) is 24.1 Å². The summed E-state index contributed by atoms with van der Waals surface area (Å²) in [4.78, 5) is 10.5. The van der Waals surface area contributed by atoms with E-state index in [0.29, 0.717) is 11.4 Å². The number of hydrogen-bond acceptors (Lipinski definition) is 2. The molecule has 0 aliphatic heterocycles. The summed E-state index contributed by atoms with van der Waals surface area (Å²) in [5.74, 6) is 0. The summed E-state index contributed by atoms with van der Waals surface area (Å²) in [6.07, 6.45) is 0.681. The van der Waals surface area contributed by atoms with Crippen molar-refractivity contribution in [3.8, 4) is 0 Å². The summed E-state index contributed by atoms with van der Waals surface area (Å²) < 4.78 is 0. The normalized spacial score (nSPS) is 11.2. The van der Waals surface area contributed by atoms with Gasteiger partial charge in [-0.15, -0.1) is 0 Å². The second-order valence-corrected chi connectivity index (χ2v) is 3.33. The average molecular weight is 226 g/mol. The van der Waals surface area contributed by atoms with E-state index in [0.717, 1.165) is 11.3 Å². The fourth-order valence-electron chi connectivity index (χ4n) is 1.14. The highest BCUT2D eigenvalue weighted by molar-refractivity contribution is 6.31. The van der Waals surface area contributed by atoms with Crippen LogP contribution in [0, 0.1) is 0 Å². The van der Waals surface area contributed by atoms with Crippen LogP contribution in [0.15, 0.2) is 29.4 Å². The van der Waals surface area contributed by atoms with Gasteiger partial charge in [-0.1, -0.05) is 30.7 Å². The van der Waals surface area contributed by atoms with Crippen molar-refractivity contribution < 1.29 is 4.79 Å². The Morgan fingerprint density at radius 2 is 2.33 bits per heavy atom. The number of primary amides is 1. The van der Waals surface area contributed by atoms with E-state index in [2.05, 4.69) is 10.5 Å². The molecule has 1 aromatic rings. The Labute approximate surface area is 93.1 Å². The third-order valence-corrected chi connectivity index (χ3v) is 2.03. The molecule has 80 valence electrons. The first-order valence-corrected chi connectivity index (χ1v) is 4.89. The molecule has 0 fully saturated rings. The highest BCUT2D eigenvalue weighted by atomic mass is 35.5. The average Bonchev–Trinajstić information content (AvgIpc) is 2.18. The number of rotatable bonds is 3. The monoisotopic (exact) mass is 225 g/mol. The molecule has 0 aliphatic carbocycles. The Balaban J connectivity index is 2.92. The topological polar surface area (TPSA) is 67.5 Å². The highest BCUT2D eigenvalue weighted by Crippen LogP contribution is 2.12. The number of nitrogens with zero attached hydrogens (tertiary/aromatic N) is 1. The Bertz CT molecular complexity index is 390. The molecule has 1 aromatic carbocycles. The molecule has 0 saturated carbocycles. The molecule has 0 aromatic heterocycles. The van der Waals surface area contributed by atoms with Crippen molar-refractivity contribution in [2.24, 2.45) is 10.8 Å². The van der Waals surface area contributed by atoms with Gasteiger partial charge in [0.2, 0.25) is 0 Å². The highest BCUT2D eigenvalue weighted by Gasteiger charge is 2.02. The Kier molecular flexibility index (Phi) is 4.12. The van der Waals surface area contributed by atoms with Crippen LogP contribution in [0.2, 0.25) is 5.02 Å². The summed E-state index contributed by atoms with van der Waals surface area (Å²) >= 11 is 5.84. The fraction of sp³-hybridized carbons (Fsp3) is 0.200. The van der Waals surface area contributed by atoms with E-state index in [-0.39, 0.29) is 0 Å². The number of amides is 2. The zero-order valence-electron chi connectivity index (χ0n) is 8.33. The van der Waals surface area contributed by atoms with Crippen LogP contribution in [0.5, 0.6) is 0 Å². The van der Waals surface area contributed by atoms with Crippen molar-refractivity contribution in [1.82, 2.24) is 5.43 Å². The van der Waals surface area contributed by atoms with E-state index in [1.54, 1.807) is 12.1 Å². The van der Waals surface area contributed by atoms with Crippen LogP contribution in [0.1, 0.15) is 18.9 Å². The van der Waals surface area contributed by atoms with Crippen LogP contribution < -0.4 is 11.2 Å². The van der Waals surface area contributed by atoms with E-state index < -0.39 is 6.03 Å². The third-order valence-electron chi connectivity index (χ3n) is 1.79. The first kappa shape index (κ1) is 11.5. The van der Waals surface area contributed by atoms with Crippen molar-refractivity contribution in [2.75, 3.05) is 0 Å². The van der Waals surface area contributed by atoms with Gasteiger partial charge in [0.1, 0.15) is 0 Å². The number of urea groups is 1. The number of nitrogens with one attached hydrogen (secondary N) is 1. The van der Waals surface area contributed by atoms with Gasteiger partial charge < -0.3 is 5.73 Å². The minimum atomic E-state index is -0.678. The molecule has 5 heteroatoms. The molecule has 3 N–H and O–H groups in total. The maximum Gasteiger partial charge on any atom is 0.332 e. The van der Waals surface area contributed by atoms with Crippen molar-refractivity contribution >= 4 is 23.3 Å². The van der Waals surface area contributed by atoms with Crippen molar-refractivity contribution in [2.45, 2.75) is 13.3 Å². The maximum atomic E-state index is 10.5. The molecule has 0 radical (unpaired) electrons. The Morgan fingerprint density at radius 1 is 1.60 bits per heavy atom. The van der Waals surface area contributed by atoms with Crippen molar-refractivity contribution in [1.29, 1.82) is 0 Å². The van der Waals surface area contributed by atoms with Crippen molar-refractivity contribution in [3.63, 3.8) is 0 Å². The molecule has 1 rings (SSSR count). The predicted octanol–water partition coefficient (Wildman–Crippen LogP) is 2.12. The van der Waals surface area contributed by atoms with Gasteiger partial charge in [0.15, 0.2) is 0 Å². The number of benzene rings is 1. The molecule has 0 spiro atoms. The number of carbonyl (C=O) groups excluding carboxylic acids is 1. The fourth-order valence-corrected chi connectivity index (χ4v) is 1.33. The Morgan fingerprint density at radius 3 is 2.87 bits per heavy atom. The molecular formula is C10H12ClN3O. The van der Waals surface area contributed by atoms with Gasteiger partial charge in [0.25, 0.3) is 0 Å². The SMILES string of the molecule is CC/C(=N/NC(N)=O)c1cccc(Cl)c1. The minimum Gasteiger partial charge on any atom is -0.350 e. The van der Waals surface area contributed by atoms with Crippen LogP contribution in [-0.2, 0) is 0 Å². The smallest absolute Gasteiger partial charge is 0.332 e. The maximum absolute atomic E-state index is 10.5. The summed E-state index contributed by atoms with van der Waals surface area (Å²) in [5, 5.41) is 4.52. The predicted molar refractivity (Wildman–Crippen MR) is 61.0 cm³/mol. The van der Waals surface area contributed by atoms with Crippen LogP contribution >= 0.6 is 11.6 Å². The molecule has 0 aliphatic rings. The van der Waals surface area contributed by atoms with E-state index in [1.807, 2.05) is 19.1 Å². The molecule has 4 nitrogen and oxygen atoms in total. The molecule has 0 bridgehead atoms. The molecule has 0 heterocycles. The van der Waals surface area contributed by atoms with Gasteiger partial charge in [-0.25, -0.2) is 10.2 Å². The zero-order valence-corrected chi connectivity index (χ0v) is 9.08. The van der Waals surface area contributed by atoms with Crippen LogP contribution in [0.3, 0.4) is 0 Å². The lowest BCUT2D eigenvalue weighted by atomic mass is 10.1. The largest absolute Gasteiger partial charge is 0.350 e. The number of nitrogens with two attached hydrogens (primary N) is 1. The van der Waals surface area contributed by atoms with Gasteiger partial charge in [0, 0.05) is 5.02 Å². The van der Waals surface area contributed by atoms with Crippen LogP contribution in [0.25, 0.3) is 0 Å². The third kappa shape index (κ3) is 3.59. The molecule has 0 atom stereocenters. The molecule has 15 heavy (non-hydrogen) atoms. The lowest BCUT2D eigenvalue weighted by molar-refractivity contribution is 0.249. The van der Waals surface area contributed by atoms with Crippen molar-refractivity contribution in [3.05, 3.63) is 34.9 Å². The van der Waals surface area contributed by atoms with Gasteiger partial charge >= 0.3 is 6.03 Å².